The third-order valence-corrected chi connectivity index (χ3v) is 5.85. The Kier molecular flexibility index (Phi) is 4.96. The number of thiazole rings is 1. The monoisotopic (exact) mass is 347 g/mol. The summed E-state index contributed by atoms with van der Waals surface area (Å²) in [6.07, 6.45) is 1.90. The van der Waals surface area contributed by atoms with E-state index in [-0.39, 0.29) is 17.8 Å². The number of amides is 1. The standard InChI is InChI=1S/C18H22FN3OS/c1-11(20)13-7-9-22(10-8-13)18(23)16-12(2)21-17(24-16)14-3-5-15(19)6-4-14/h3-6,11,13H,7-10,20H2,1-2H3. The number of rotatable bonds is 3. The van der Waals surface area contributed by atoms with Crippen LogP contribution in [-0.2, 0) is 0 Å². The molecule has 2 heterocycles. The van der Waals surface area contributed by atoms with Crippen molar-refractivity contribution in [3.8, 4) is 10.6 Å². The van der Waals surface area contributed by atoms with Gasteiger partial charge >= 0.3 is 0 Å². The number of piperidine rings is 1. The van der Waals surface area contributed by atoms with Crippen molar-refractivity contribution >= 4 is 17.2 Å². The van der Waals surface area contributed by atoms with Gasteiger partial charge in [0.25, 0.3) is 5.91 Å². The quantitative estimate of drug-likeness (QED) is 0.925. The Bertz CT molecular complexity index is 718. The van der Waals surface area contributed by atoms with Crippen LogP contribution in [0.4, 0.5) is 4.39 Å². The van der Waals surface area contributed by atoms with Gasteiger partial charge in [-0.2, -0.15) is 0 Å². The van der Waals surface area contributed by atoms with Crippen LogP contribution >= 0.6 is 11.3 Å². The number of hydrogen-bond donors (Lipinski definition) is 1. The Morgan fingerprint density at radius 2 is 1.96 bits per heavy atom. The molecule has 0 aliphatic carbocycles. The highest BCUT2D eigenvalue weighted by Gasteiger charge is 2.27. The second-order valence-corrected chi connectivity index (χ2v) is 7.43. The highest BCUT2D eigenvalue weighted by molar-refractivity contribution is 7.17. The summed E-state index contributed by atoms with van der Waals surface area (Å²) in [5.74, 6) is 0.258. The van der Waals surface area contributed by atoms with E-state index in [4.69, 9.17) is 5.73 Å². The Hall–Kier alpha value is -1.79. The van der Waals surface area contributed by atoms with Crippen molar-refractivity contribution in [2.24, 2.45) is 11.7 Å². The van der Waals surface area contributed by atoms with E-state index in [1.54, 1.807) is 12.1 Å². The average Bonchev–Trinajstić information content (AvgIpc) is 2.96. The van der Waals surface area contributed by atoms with E-state index in [0.717, 1.165) is 42.2 Å². The molecule has 1 aliphatic heterocycles. The fourth-order valence-corrected chi connectivity index (χ4v) is 4.12. The predicted molar refractivity (Wildman–Crippen MR) is 94.5 cm³/mol. The first kappa shape index (κ1) is 17.0. The Balaban J connectivity index is 1.75. The molecule has 1 saturated heterocycles. The molecule has 128 valence electrons. The van der Waals surface area contributed by atoms with Crippen LogP contribution < -0.4 is 5.73 Å². The normalized spacial score (nSPS) is 17.1. The molecule has 0 saturated carbocycles. The number of benzene rings is 1. The maximum absolute atomic E-state index is 13.1. The molecule has 1 fully saturated rings. The van der Waals surface area contributed by atoms with E-state index in [0.29, 0.717) is 10.8 Å². The number of likely N-dealkylation sites (tertiary alicyclic amines) is 1. The van der Waals surface area contributed by atoms with Gasteiger partial charge in [0.2, 0.25) is 0 Å². The number of aromatic nitrogens is 1. The van der Waals surface area contributed by atoms with Crippen molar-refractivity contribution in [3.63, 3.8) is 0 Å². The van der Waals surface area contributed by atoms with Crippen LogP contribution in [0, 0.1) is 18.7 Å². The third-order valence-electron chi connectivity index (χ3n) is 4.65. The molecule has 0 radical (unpaired) electrons. The molecular weight excluding hydrogens is 325 g/mol. The first-order valence-electron chi connectivity index (χ1n) is 8.24. The molecule has 0 spiro atoms. The predicted octanol–water partition coefficient (Wildman–Crippen LogP) is 3.46. The Morgan fingerprint density at radius 3 is 2.54 bits per heavy atom. The number of halogens is 1. The lowest BCUT2D eigenvalue weighted by Crippen LogP contribution is -2.42. The maximum Gasteiger partial charge on any atom is 0.265 e. The van der Waals surface area contributed by atoms with Gasteiger partial charge in [0.15, 0.2) is 0 Å². The van der Waals surface area contributed by atoms with Crippen molar-refractivity contribution in [1.82, 2.24) is 9.88 Å². The molecule has 1 aromatic carbocycles. The van der Waals surface area contributed by atoms with Gasteiger partial charge in [0.1, 0.15) is 15.7 Å². The SMILES string of the molecule is Cc1nc(-c2ccc(F)cc2)sc1C(=O)N1CCC(C(C)N)CC1. The first-order valence-corrected chi connectivity index (χ1v) is 9.05. The van der Waals surface area contributed by atoms with E-state index < -0.39 is 0 Å². The highest BCUT2D eigenvalue weighted by Crippen LogP contribution is 2.30. The molecule has 24 heavy (non-hydrogen) atoms. The number of aryl methyl sites for hydroxylation is 1. The van der Waals surface area contributed by atoms with E-state index in [2.05, 4.69) is 4.98 Å². The second kappa shape index (κ2) is 6.99. The van der Waals surface area contributed by atoms with Gasteiger partial charge in [-0.3, -0.25) is 4.79 Å². The summed E-state index contributed by atoms with van der Waals surface area (Å²) in [5, 5.41) is 0.751. The fourth-order valence-electron chi connectivity index (χ4n) is 3.08. The number of nitrogens with two attached hydrogens (primary N) is 1. The summed E-state index contributed by atoms with van der Waals surface area (Å²) in [6, 6.07) is 6.38. The zero-order valence-electron chi connectivity index (χ0n) is 14.0. The van der Waals surface area contributed by atoms with Crippen LogP contribution in [-0.4, -0.2) is 34.9 Å². The number of nitrogens with zero attached hydrogens (tertiary/aromatic N) is 2. The molecule has 6 heteroatoms. The molecule has 0 bridgehead atoms. The molecule has 2 N–H and O–H groups in total. The van der Waals surface area contributed by atoms with Crippen LogP contribution in [0.2, 0.25) is 0 Å². The van der Waals surface area contributed by atoms with Gasteiger partial charge in [-0.05, 0) is 56.9 Å². The van der Waals surface area contributed by atoms with Crippen LogP contribution in [0.3, 0.4) is 0 Å². The van der Waals surface area contributed by atoms with Crippen molar-refractivity contribution in [2.75, 3.05) is 13.1 Å². The maximum atomic E-state index is 13.1. The third kappa shape index (κ3) is 3.49. The van der Waals surface area contributed by atoms with E-state index >= 15 is 0 Å². The van der Waals surface area contributed by atoms with Gasteiger partial charge in [-0.1, -0.05) is 0 Å². The number of carbonyl (C=O) groups is 1. The fraction of sp³-hybridized carbons (Fsp3) is 0.444. The summed E-state index contributed by atoms with van der Waals surface area (Å²) in [6.45, 7) is 5.37. The minimum absolute atomic E-state index is 0.0430. The van der Waals surface area contributed by atoms with Gasteiger partial charge in [-0.25, -0.2) is 9.37 Å². The summed E-state index contributed by atoms with van der Waals surface area (Å²) in [7, 11) is 0. The van der Waals surface area contributed by atoms with Crippen LogP contribution in [0.25, 0.3) is 10.6 Å². The second-order valence-electron chi connectivity index (χ2n) is 6.43. The van der Waals surface area contributed by atoms with Crippen LogP contribution in [0.15, 0.2) is 24.3 Å². The van der Waals surface area contributed by atoms with Gasteiger partial charge in [0, 0.05) is 24.7 Å². The summed E-state index contributed by atoms with van der Waals surface area (Å²) < 4.78 is 13.1. The molecule has 2 aromatic rings. The van der Waals surface area contributed by atoms with Gasteiger partial charge < -0.3 is 10.6 Å². The lowest BCUT2D eigenvalue weighted by atomic mass is 9.91. The molecule has 1 amide bonds. The molecule has 1 aromatic heterocycles. The molecular formula is C18H22FN3OS. The largest absolute Gasteiger partial charge is 0.338 e. The lowest BCUT2D eigenvalue weighted by molar-refractivity contribution is 0.0685. The van der Waals surface area contributed by atoms with Crippen LogP contribution in [0.1, 0.15) is 35.1 Å². The topological polar surface area (TPSA) is 59.2 Å². The molecule has 4 nitrogen and oxygen atoms in total. The first-order chi connectivity index (χ1) is 11.5. The highest BCUT2D eigenvalue weighted by atomic mass is 32.1. The lowest BCUT2D eigenvalue weighted by Gasteiger charge is -2.33. The number of carbonyl (C=O) groups excluding carboxylic acids is 1. The van der Waals surface area contributed by atoms with E-state index in [1.165, 1.54) is 23.5 Å². The minimum atomic E-state index is -0.277. The Labute approximate surface area is 145 Å². The van der Waals surface area contributed by atoms with Crippen molar-refractivity contribution in [1.29, 1.82) is 0 Å². The zero-order valence-corrected chi connectivity index (χ0v) is 14.8. The molecule has 1 aliphatic rings. The molecule has 3 rings (SSSR count). The summed E-state index contributed by atoms with van der Waals surface area (Å²) in [5.41, 5.74) is 7.53. The molecule has 1 unspecified atom stereocenters. The van der Waals surface area contributed by atoms with Crippen molar-refractivity contribution in [2.45, 2.75) is 32.7 Å². The molecule has 1 atom stereocenters. The summed E-state index contributed by atoms with van der Waals surface area (Å²) in [4.78, 5) is 19.9. The minimum Gasteiger partial charge on any atom is -0.338 e. The smallest absolute Gasteiger partial charge is 0.265 e. The number of hydrogen-bond acceptors (Lipinski definition) is 4. The van der Waals surface area contributed by atoms with E-state index in [9.17, 15) is 9.18 Å². The van der Waals surface area contributed by atoms with Gasteiger partial charge in [-0.15, -0.1) is 11.3 Å². The van der Waals surface area contributed by atoms with Crippen molar-refractivity contribution in [3.05, 3.63) is 40.7 Å². The van der Waals surface area contributed by atoms with Crippen molar-refractivity contribution < 1.29 is 9.18 Å². The summed E-state index contributed by atoms with van der Waals surface area (Å²) >= 11 is 1.38. The zero-order chi connectivity index (χ0) is 17.3. The van der Waals surface area contributed by atoms with E-state index in [1.807, 2.05) is 18.7 Å². The average molecular weight is 347 g/mol. The Morgan fingerprint density at radius 1 is 1.33 bits per heavy atom. The van der Waals surface area contributed by atoms with Crippen LogP contribution in [0.5, 0.6) is 0 Å². The van der Waals surface area contributed by atoms with Gasteiger partial charge in [0.05, 0.1) is 5.69 Å².